The second-order valence-electron chi connectivity index (χ2n) is 4.00. The molecule has 0 fully saturated rings. The number of benzene rings is 2. The summed E-state index contributed by atoms with van der Waals surface area (Å²) in [4.78, 5) is 0. The van der Waals surface area contributed by atoms with E-state index in [-0.39, 0.29) is 12.4 Å². The summed E-state index contributed by atoms with van der Waals surface area (Å²) < 4.78 is 24.3. The molecule has 0 saturated carbocycles. The van der Waals surface area contributed by atoms with E-state index in [9.17, 15) is 4.39 Å². The summed E-state index contributed by atoms with van der Waals surface area (Å²) >= 11 is 5.78. The third-order valence-corrected chi connectivity index (χ3v) is 3.03. The number of rotatable bonds is 5. The van der Waals surface area contributed by atoms with E-state index in [1.54, 1.807) is 37.4 Å². The van der Waals surface area contributed by atoms with Crippen molar-refractivity contribution >= 4 is 11.6 Å². The Balaban J connectivity index is 2.16. The van der Waals surface area contributed by atoms with Crippen molar-refractivity contribution in [1.82, 2.24) is 0 Å². The molecule has 0 unspecified atom stereocenters. The lowest BCUT2D eigenvalue weighted by Crippen LogP contribution is -2.00. The van der Waals surface area contributed by atoms with Gasteiger partial charge in [-0.25, -0.2) is 4.39 Å². The molecule has 0 aromatic heterocycles. The lowest BCUT2D eigenvalue weighted by atomic mass is 10.2. The summed E-state index contributed by atoms with van der Waals surface area (Å²) in [6.45, 7) is 0.148. The van der Waals surface area contributed by atoms with Crippen LogP contribution in [0, 0.1) is 5.82 Å². The van der Waals surface area contributed by atoms with Crippen LogP contribution in [0.3, 0.4) is 0 Å². The molecule has 0 aliphatic carbocycles. The van der Waals surface area contributed by atoms with E-state index in [1.807, 2.05) is 6.07 Å². The quantitative estimate of drug-likeness (QED) is 0.766. The molecule has 0 radical (unpaired) electrons. The first-order valence-electron chi connectivity index (χ1n) is 5.83. The van der Waals surface area contributed by atoms with Gasteiger partial charge in [-0.2, -0.15) is 0 Å². The lowest BCUT2D eigenvalue weighted by Gasteiger charge is -2.12. The van der Waals surface area contributed by atoms with E-state index in [0.29, 0.717) is 22.9 Å². The molecule has 0 N–H and O–H groups in total. The topological polar surface area (TPSA) is 18.5 Å². The number of hydrogen-bond donors (Lipinski definition) is 0. The van der Waals surface area contributed by atoms with Gasteiger partial charge in [-0.1, -0.05) is 24.3 Å². The first-order chi connectivity index (χ1) is 9.24. The highest BCUT2D eigenvalue weighted by Gasteiger charge is 2.07. The van der Waals surface area contributed by atoms with Crippen molar-refractivity contribution in [1.29, 1.82) is 0 Å². The van der Waals surface area contributed by atoms with Crippen molar-refractivity contribution in [3.8, 4) is 11.5 Å². The molecule has 19 heavy (non-hydrogen) atoms. The van der Waals surface area contributed by atoms with Crippen molar-refractivity contribution in [3.63, 3.8) is 0 Å². The van der Waals surface area contributed by atoms with Crippen LogP contribution in [0.1, 0.15) is 11.1 Å². The third-order valence-electron chi connectivity index (χ3n) is 2.72. The van der Waals surface area contributed by atoms with Crippen molar-refractivity contribution in [2.24, 2.45) is 0 Å². The molecule has 0 aliphatic heterocycles. The fourth-order valence-corrected chi connectivity index (χ4v) is 1.85. The fraction of sp³-hybridized carbons (Fsp3) is 0.200. The summed E-state index contributed by atoms with van der Waals surface area (Å²) in [6, 6.07) is 12.0. The minimum atomic E-state index is -0.282. The van der Waals surface area contributed by atoms with E-state index in [4.69, 9.17) is 21.1 Å². The second kappa shape index (κ2) is 6.43. The molecule has 2 aromatic rings. The highest BCUT2D eigenvalue weighted by atomic mass is 35.5. The molecule has 2 nitrogen and oxygen atoms in total. The Hall–Kier alpha value is -1.74. The summed E-state index contributed by atoms with van der Waals surface area (Å²) in [7, 11) is 1.56. The van der Waals surface area contributed by atoms with Crippen LogP contribution in [0.15, 0.2) is 42.5 Å². The number of ether oxygens (including phenoxy) is 2. The maximum absolute atomic E-state index is 13.5. The molecule has 0 aliphatic rings. The van der Waals surface area contributed by atoms with Gasteiger partial charge >= 0.3 is 0 Å². The van der Waals surface area contributed by atoms with Crippen molar-refractivity contribution in [2.45, 2.75) is 12.5 Å². The Morgan fingerprint density at radius 2 is 1.89 bits per heavy atom. The van der Waals surface area contributed by atoms with E-state index in [2.05, 4.69) is 0 Å². The van der Waals surface area contributed by atoms with Gasteiger partial charge in [-0.15, -0.1) is 11.6 Å². The zero-order valence-electron chi connectivity index (χ0n) is 10.5. The van der Waals surface area contributed by atoms with Crippen LogP contribution in [-0.2, 0) is 12.5 Å². The Bertz CT molecular complexity index is 558. The summed E-state index contributed by atoms with van der Waals surface area (Å²) in [5.41, 5.74) is 1.42. The van der Waals surface area contributed by atoms with Gasteiger partial charge < -0.3 is 9.47 Å². The first-order valence-corrected chi connectivity index (χ1v) is 6.37. The Morgan fingerprint density at radius 1 is 1.11 bits per heavy atom. The Labute approximate surface area is 116 Å². The SMILES string of the molecule is COc1ccc(CCl)cc1OCc1ccccc1F. The first kappa shape index (κ1) is 13.7. The molecule has 2 rings (SSSR count). The molecule has 0 amide bonds. The highest BCUT2D eigenvalue weighted by molar-refractivity contribution is 6.17. The Morgan fingerprint density at radius 3 is 2.58 bits per heavy atom. The molecular formula is C15H14ClFO2. The smallest absolute Gasteiger partial charge is 0.161 e. The zero-order valence-corrected chi connectivity index (χ0v) is 11.3. The minimum absolute atomic E-state index is 0.148. The van der Waals surface area contributed by atoms with Crippen molar-refractivity contribution < 1.29 is 13.9 Å². The number of methoxy groups -OCH3 is 1. The summed E-state index contributed by atoms with van der Waals surface area (Å²) in [5.74, 6) is 1.27. The van der Waals surface area contributed by atoms with Crippen LogP contribution in [0.5, 0.6) is 11.5 Å². The monoisotopic (exact) mass is 280 g/mol. The highest BCUT2D eigenvalue weighted by Crippen LogP contribution is 2.29. The van der Waals surface area contributed by atoms with Crippen molar-refractivity contribution in [2.75, 3.05) is 7.11 Å². The molecule has 0 saturated heterocycles. The van der Waals surface area contributed by atoms with Gasteiger partial charge in [0.25, 0.3) is 0 Å². The molecule has 0 atom stereocenters. The molecule has 2 aromatic carbocycles. The molecule has 0 spiro atoms. The summed E-state index contributed by atoms with van der Waals surface area (Å²) in [5, 5.41) is 0. The van der Waals surface area contributed by atoms with E-state index in [1.165, 1.54) is 6.07 Å². The second-order valence-corrected chi connectivity index (χ2v) is 4.27. The van der Waals surface area contributed by atoms with E-state index in [0.717, 1.165) is 5.56 Å². The number of halogens is 2. The standard InChI is InChI=1S/C15H14ClFO2/c1-18-14-7-6-11(9-16)8-15(14)19-10-12-4-2-3-5-13(12)17/h2-8H,9-10H2,1H3. The molecular weight excluding hydrogens is 267 g/mol. The zero-order chi connectivity index (χ0) is 13.7. The maximum Gasteiger partial charge on any atom is 0.161 e. The average Bonchev–Trinajstić information content (AvgIpc) is 2.46. The number of hydrogen-bond acceptors (Lipinski definition) is 2. The average molecular weight is 281 g/mol. The summed E-state index contributed by atoms with van der Waals surface area (Å²) in [6.07, 6.45) is 0. The normalized spacial score (nSPS) is 10.3. The number of alkyl halides is 1. The molecule has 100 valence electrons. The predicted octanol–water partition coefficient (Wildman–Crippen LogP) is 4.15. The van der Waals surface area contributed by atoms with Gasteiger partial charge in [-0.05, 0) is 23.8 Å². The van der Waals surface area contributed by atoms with Crippen LogP contribution < -0.4 is 9.47 Å². The van der Waals surface area contributed by atoms with Gasteiger partial charge in [0.2, 0.25) is 0 Å². The van der Waals surface area contributed by atoms with Crippen LogP contribution in [0.4, 0.5) is 4.39 Å². The van der Waals surface area contributed by atoms with Crippen LogP contribution in [0.2, 0.25) is 0 Å². The van der Waals surface area contributed by atoms with Crippen LogP contribution in [0.25, 0.3) is 0 Å². The van der Waals surface area contributed by atoms with Gasteiger partial charge in [0.15, 0.2) is 11.5 Å². The Kier molecular flexibility index (Phi) is 4.63. The van der Waals surface area contributed by atoms with Gasteiger partial charge in [-0.3, -0.25) is 0 Å². The van der Waals surface area contributed by atoms with E-state index < -0.39 is 0 Å². The van der Waals surface area contributed by atoms with Crippen molar-refractivity contribution in [3.05, 3.63) is 59.4 Å². The van der Waals surface area contributed by atoms with Gasteiger partial charge in [0.1, 0.15) is 12.4 Å². The maximum atomic E-state index is 13.5. The van der Waals surface area contributed by atoms with Crippen LogP contribution >= 0.6 is 11.6 Å². The lowest BCUT2D eigenvalue weighted by molar-refractivity contribution is 0.279. The minimum Gasteiger partial charge on any atom is -0.493 e. The van der Waals surface area contributed by atoms with E-state index >= 15 is 0 Å². The predicted molar refractivity (Wildman–Crippen MR) is 73.3 cm³/mol. The van der Waals surface area contributed by atoms with Crippen LogP contribution in [-0.4, -0.2) is 7.11 Å². The largest absolute Gasteiger partial charge is 0.493 e. The molecule has 0 heterocycles. The molecule has 0 bridgehead atoms. The third kappa shape index (κ3) is 3.38. The van der Waals surface area contributed by atoms with Gasteiger partial charge in [0.05, 0.1) is 7.11 Å². The van der Waals surface area contributed by atoms with Gasteiger partial charge in [0, 0.05) is 11.4 Å². The fourth-order valence-electron chi connectivity index (χ4n) is 1.69. The molecule has 4 heteroatoms.